The zero-order chi connectivity index (χ0) is 11.4. The van der Waals surface area contributed by atoms with Crippen LogP contribution in [0.4, 0.5) is 5.69 Å². The summed E-state index contributed by atoms with van der Waals surface area (Å²) in [6.07, 6.45) is 2.83. The van der Waals surface area contributed by atoms with E-state index in [1.165, 1.54) is 5.56 Å². The molecular weight excluding hydrogens is 200 g/mol. The number of benzene rings is 1. The second kappa shape index (κ2) is 4.79. The van der Waals surface area contributed by atoms with E-state index in [-0.39, 0.29) is 0 Å². The summed E-state index contributed by atoms with van der Waals surface area (Å²) in [6.45, 7) is 2.90. The molecule has 0 spiro atoms. The first-order valence-electron chi connectivity index (χ1n) is 5.46. The molecule has 16 heavy (non-hydrogen) atoms. The predicted octanol–water partition coefficient (Wildman–Crippen LogP) is 1.99. The second-order valence-corrected chi connectivity index (χ2v) is 3.76. The van der Waals surface area contributed by atoms with Crippen LogP contribution in [-0.2, 0) is 20.0 Å². The van der Waals surface area contributed by atoms with E-state index in [0.29, 0.717) is 0 Å². The maximum absolute atomic E-state index is 3.89. The molecule has 0 amide bonds. The topological polar surface area (TPSA) is 42.7 Å². The van der Waals surface area contributed by atoms with Crippen LogP contribution in [0.2, 0.25) is 0 Å². The van der Waals surface area contributed by atoms with Crippen LogP contribution >= 0.6 is 0 Å². The van der Waals surface area contributed by atoms with E-state index >= 15 is 0 Å². The number of aryl methyl sites for hydroxylation is 2. The van der Waals surface area contributed by atoms with Gasteiger partial charge in [-0.2, -0.15) is 0 Å². The Morgan fingerprint density at radius 1 is 1.38 bits per heavy atom. The molecule has 2 aromatic rings. The molecular formula is C12H16N4. The average molecular weight is 216 g/mol. The molecule has 1 heterocycles. The van der Waals surface area contributed by atoms with E-state index in [4.69, 9.17) is 0 Å². The smallest absolute Gasteiger partial charge is 0.0774 e. The first-order valence-corrected chi connectivity index (χ1v) is 5.46. The van der Waals surface area contributed by atoms with Crippen LogP contribution in [0, 0.1) is 0 Å². The van der Waals surface area contributed by atoms with Crippen molar-refractivity contribution < 1.29 is 0 Å². The van der Waals surface area contributed by atoms with Gasteiger partial charge in [0.05, 0.1) is 18.4 Å². The summed E-state index contributed by atoms with van der Waals surface area (Å²) in [4.78, 5) is 0. The normalized spacial score (nSPS) is 10.4. The van der Waals surface area contributed by atoms with Crippen molar-refractivity contribution in [1.29, 1.82) is 0 Å². The van der Waals surface area contributed by atoms with Gasteiger partial charge in [-0.25, -0.2) is 0 Å². The van der Waals surface area contributed by atoms with Crippen LogP contribution < -0.4 is 5.32 Å². The van der Waals surface area contributed by atoms with Gasteiger partial charge in [0, 0.05) is 12.7 Å². The number of rotatable bonds is 4. The lowest BCUT2D eigenvalue weighted by atomic mass is 10.1. The molecule has 2 rings (SSSR count). The van der Waals surface area contributed by atoms with Crippen molar-refractivity contribution in [3.63, 3.8) is 0 Å². The van der Waals surface area contributed by atoms with Gasteiger partial charge in [-0.05, 0) is 24.1 Å². The molecule has 4 heteroatoms. The number of hydrogen-bond donors (Lipinski definition) is 1. The summed E-state index contributed by atoms with van der Waals surface area (Å²) < 4.78 is 1.77. The minimum Gasteiger partial charge on any atom is -0.379 e. The van der Waals surface area contributed by atoms with Crippen LogP contribution in [0.5, 0.6) is 0 Å². The third-order valence-corrected chi connectivity index (χ3v) is 2.62. The SMILES string of the molecule is CCc1cccc(NCc2cnnn2C)c1. The summed E-state index contributed by atoms with van der Waals surface area (Å²) in [5.74, 6) is 0. The molecule has 1 aromatic heterocycles. The zero-order valence-corrected chi connectivity index (χ0v) is 9.64. The second-order valence-electron chi connectivity index (χ2n) is 3.76. The summed E-state index contributed by atoms with van der Waals surface area (Å²) in [7, 11) is 1.90. The number of nitrogens with one attached hydrogen (secondary N) is 1. The minimum absolute atomic E-state index is 0.747. The first kappa shape index (κ1) is 10.7. The van der Waals surface area contributed by atoms with E-state index in [0.717, 1.165) is 24.3 Å². The van der Waals surface area contributed by atoms with E-state index < -0.39 is 0 Å². The van der Waals surface area contributed by atoms with Crippen LogP contribution in [0.15, 0.2) is 30.5 Å². The van der Waals surface area contributed by atoms with Crippen molar-refractivity contribution in [2.75, 3.05) is 5.32 Å². The molecule has 0 fully saturated rings. The molecule has 1 N–H and O–H groups in total. The Balaban J connectivity index is 2.02. The van der Waals surface area contributed by atoms with Gasteiger partial charge >= 0.3 is 0 Å². The van der Waals surface area contributed by atoms with Crippen LogP contribution in [0.1, 0.15) is 18.2 Å². The Morgan fingerprint density at radius 2 is 2.25 bits per heavy atom. The predicted molar refractivity (Wildman–Crippen MR) is 64.1 cm³/mol. The monoisotopic (exact) mass is 216 g/mol. The van der Waals surface area contributed by atoms with Crippen molar-refractivity contribution in [2.24, 2.45) is 7.05 Å². The highest BCUT2D eigenvalue weighted by molar-refractivity contribution is 5.45. The Hall–Kier alpha value is -1.84. The number of nitrogens with zero attached hydrogens (tertiary/aromatic N) is 3. The van der Waals surface area contributed by atoms with E-state index in [9.17, 15) is 0 Å². The molecule has 0 aliphatic heterocycles. The molecule has 0 aliphatic carbocycles. The van der Waals surface area contributed by atoms with E-state index in [1.54, 1.807) is 10.9 Å². The standard InChI is InChI=1S/C12H16N4/c1-3-10-5-4-6-11(7-10)13-8-12-9-14-15-16(12)2/h4-7,9,13H,3,8H2,1-2H3. The lowest BCUT2D eigenvalue weighted by Gasteiger charge is -2.07. The van der Waals surface area contributed by atoms with Gasteiger partial charge in [-0.1, -0.05) is 24.3 Å². The lowest BCUT2D eigenvalue weighted by molar-refractivity contribution is 0.683. The maximum atomic E-state index is 3.89. The molecule has 0 aliphatic rings. The Labute approximate surface area is 95.3 Å². The fourth-order valence-corrected chi connectivity index (χ4v) is 1.56. The third-order valence-electron chi connectivity index (χ3n) is 2.62. The zero-order valence-electron chi connectivity index (χ0n) is 9.64. The van der Waals surface area contributed by atoms with E-state index in [2.05, 4.69) is 46.8 Å². The van der Waals surface area contributed by atoms with Crippen molar-refractivity contribution in [2.45, 2.75) is 19.9 Å². The molecule has 4 nitrogen and oxygen atoms in total. The van der Waals surface area contributed by atoms with Crippen molar-refractivity contribution in [3.05, 3.63) is 41.7 Å². The van der Waals surface area contributed by atoms with Gasteiger partial charge in [0.15, 0.2) is 0 Å². The molecule has 0 unspecified atom stereocenters. The van der Waals surface area contributed by atoms with Crippen molar-refractivity contribution in [1.82, 2.24) is 15.0 Å². The first-order chi connectivity index (χ1) is 7.79. The minimum atomic E-state index is 0.747. The highest BCUT2D eigenvalue weighted by Crippen LogP contribution is 2.12. The summed E-state index contributed by atoms with van der Waals surface area (Å²) in [5, 5.41) is 11.1. The quantitative estimate of drug-likeness (QED) is 0.850. The Kier molecular flexibility index (Phi) is 3.19. The number of anilines is 1. The van der Waals surface area contributed by atoms with Gasteiger partial charge in [-0.3, -0.25) is 4.68 Å². The molecule has 1 aromatic carbocycles. The van der Waals surface area contributed by atoms with Gasteiger partial charge in [0.1, 0.15) is 0 Å². The number of hydrogen-bond acceptors (Lipinski definition) is 3. The van der Waals surface area contributed by atoms with Crippen molar-refractivity contribution in [3.8, 4) is 0 Å². The highest BCUT2D eigenvalue weighted by atomic mass is 15.4. The molecule has 84 valence electrons. The van der Waals surface area contributed by atoms with Crippen molar-refractivity contribution >= 4 is 5.69 Å². The molecule has 0 saturated carbocycles. The fraction of sp³-hybridized carbons (Fsp3) is 0.333. The summed E-state index contributed by atoms with van der Waals surface area (Å²) in [6, 6.07) is 8.45. The van der Waals surface area contributed by atoms with Crippen LogP contribution in [-0.4, -0.2) is 15.0 Å². The molecule has 0 bridgehead atoms. The van der Waals surface area contributed by atoms with Crippen LogP contribution in [0.3, 0.4) is 0 Å². The number of aromatic nitrogens is 3. The van der Waals surface area contributed by atoms with E-state index in [1.807, 2.05) is 7.05 Å². The molecule has 0 saturated heterocycles. The van der Waals surface area contributed by atoms with Gasteiger partial charge in [0.25, 0.3) is 0 Å². The summed E-state index contributed by atoms with van der Waals surface area (Å²) in [5.41, 5.74) is 3.55. The van der Waals surface area contributed by atoms with Gasteiger partial charge in [-0.15, -0.1) is 5.10 Å². The van der Waals surface area contributed by atoms with Gasteiger partial charge in [0.2, 0.25) is 0 Å². The average Bonchev–Trinajstić information content (AvgIpc) is 2.72. The van der Waals surface area contributed by atoms with Gasteiger partial charge < -0.3 is 5.32 Å². The Morgan fingerprint density at radius 3 is 2.94 bits per heavy atom. The largest absolute Gasteiger partial charge is 0.379 e. The maximum Gasteiger partial charge on any atom is 0.0774 e. The van der Waals surface area contributed by atoms with Crippen LogP contribution in [0.25, 0.3) is 0 Å². The molecule has 0 radical (unpaired) electrons. The fourth-order valence-electron chi connectivity index (χ4n) is 1.56. The summed E-state index contributed by atoms with van der Waals surface area (Å²) >= 11 is 0. The lowest BCUT2D eigenvalue weighted by Crippen LogP contribution is -2.05. The Bertz CT molecular complexity index is 462. The molecule has 0 atom stereocenters. The third kappa shape index (κ3) is 2.39. The highest BCUT2D eigenvalue weighted by Gasteiger charge is 1.99.